The Morgan fingerprint density at radius 3 is 3.00 bits per heavy atom. The minimum absolute atomic E-state index is 0.169. The van der Waals surface area contributed by atoms with Gasteiger partial charge in [0.1, 0.15) is 17.5 Å². The fourth-order valence-electron chi connectivity index (χ4n) is 2.60. The van der Waals surface area contributed by atoms with Gasteiger partial charge in [0, 0.05) is 23.7 Å². The van der Waals surface area contributed by atoms with E-state index in [4.69, 9.17) is 0 Å². The quantitative estimate of drug-likeness (QED) is 0.902. The number of fused-ring (bicyclic) bond motifs is 1. The molecule has 0 saturated heterocycles. The van der Waals surface area contributed by atoms with Crippen LogP contribution in [0.3, 0.4) is 0 Å². The molecule has 0 aliphatic carbocycles. The highest BCUT2D eigenvalue weighted by Gasteiger charge is 2.26. The third-order valence-electron chi connectivity index (χ3n) is 3.58. The Labute approximate surface area is 110 Å². The van der Waals surface area contributed by atoms with Gasteiger partial charge in [-0.2, -0.15) is 5.10 Å². The van der Waals surface area contributed by atoms with Crippen LogP contribution in [0.5, 0.6) is 0 Å². The highest BCUT2D eigenvalue weighted by atomic mass is 19.1. The zero-order chi connectivity index (χ0) is 13.4. The summed E-state index contributed by atoms with van der Waals surface area (Å²) in [6, 6.07) is 3.57. The molecule has 0 spiro atoms. The van der Waals surface area contributed by atoms with Crippen LogP contribution in [-0.4, -0.2) is 16.3 Å². The first-order valence-corrected chi connectivity index (χ1v) is 6.46. The lowest BCUT2D eigenvalue weighted by atomic mass is 10.0. The third-order valence-corrected chi connectivity index (χ3v) is 3.58. The van der Waals surface area contributed by atoms with E-state index in [1.807, 2.05) is 6.20 Å². The van der Waals surface area contributed by atoms with Crippen molar-refractivity contribution in [1.29, 1.82) is 0 Å². The molecule has 0 amide bonds. The van der Waals surface area contributed by atoms with Crippen molar-refractivity contribution in [2.75, 3.05) is 11.9 Å². The molecule has 3 nitrogen and oxygen atoms in total. The SMILES string of the molecule is CCc1cnn2c1NCCC2c1ccc(F)cc1F. The molecule has 5 heteroatoms. The minimum Gasteiger partial charge on any atom is -0.370 e. The first kappa shape index (κ1) is 12.1. The molecular weight excluding hydrogens is 248 g/mol. The van der Waals surface area contributed by atoms with Gasteiger partial charge < -0.3 is 5.32 Å². The Bertz CT molecular complexity index is 607. The standard InChI is InChI=1S/C14H15F2N3/c1-2-9-8-18-19-13(5-6-17-14(9)19)11-4-3-10(15)7-12(11)16/h3-4,7-8,13,17H,2,5-6H2,1H3. The summed E-state index contributed by atoms with van der Waals surface area (Å²) in [5.41, 5.74) is 1.61. The van der Waals surface area contributed by atoms with E-state index in [2.05, 4.69) is 17.3 Å². The number of aromatic nitrogens is 2. The minimum atomic E-state index is -0.551. The molecule has 0 fully saturated rings. The molecule has 1 atom stereocenters. The molecule has 1 aliphatic rings. The lowest BCUT2D eigenvalue weighted by molar-refractivity contribution is 0.455. The number of aryl methyl sites for hydroxylation is 1. The van der Waals surface area contributed by atoms with E-state index in [1.54, 1.807) is 4.68 Å². The summed E-state index contributed by atoms with van der Waals surface area (Å²) in [5.74, 6) is -0.112. The van der Waals surface area contributed by atoms with E-state index in [0.717, 1.165) is 36.8 Å². The molecule has 2 heterocycles. The number of hydrogen-bond acceptors (Lipinski definition) is 2. The van der Waals surface area contributed by atoms with Gasteiger partial charge in [-0.15, -0.1) is 0 Å². The van der Waals surface area contributed by atoms with E-state index in [0.29, 0.717) is 5.56 Å². The molecule has 0 saturated carbocycles. The highest BCUT2D eigenvalue weighted by Crippen LogP contribution is 2.32. The van der Waals surface area contributed by atoms with Crippen LogP contribution in [0.2, 0.25) is 0 Å². The van der Waals surface area contributed by atoms with E-state index >= 15 is 0 Å². The van der Waals surface area contributed by atoms with Crippen molar-refractivity contribution in [3.05, 3.63) is 47.2 Å². The monoisotopic (exact) mass is 263 g/mol. The Kier molecular flexibility index (Phi) is 2.97. The van der Waals surface area contributed by atoms with Crippen molar-refractivity contribution in [2.24, 2.45) is 0 Å². The molecule has 1 aromatic carbocycles. The van der Waals surface area contributed by atoms with Gasteiger partial charge in [-0.1, -0.05) is 13.0 Å². The molecule has 2 aromatic rings. The van der Waals surface area contributed by atoms with Crippen molar-refractivity contribution >= 4 is 5.82 Å². The Morgan fingerprint density at radius 1 is 1.42 bits per heavy atom. The number of nitrogens with zero attached hydrogens (tertiary/aromatic N) is 2. The second-order valence-corrected chi connectivity index (χ2v) is 4.71. The number of rotatable bonds is 2. The van der Waals surface area contributed by atoms with Crippen molar-refractivity contribution < 1.29 is 8.78 Å². The lowest BCUT2D eigenvalue weighted by Gasteiger charge is -2.27. The van der Waals surface area contributed by atoms with Crippen LogP contribution >= 0.6 is 0 Å². The van der Waals surface area contributed by atoms with Gasteiger partial charge in [0.15, 0.2) is 0 Å². The number of anilines is 1. The largest absolute Gasteiger partial charge is 0.370 e. The summed E-state index contributed by atoms with van der Waals surface area (Å²) < 4.78 is 28.7. The zero-order valence-electron chi connectivity index (χ0n) is 10.7. The van der Waals surface area contributed by atoms with Crippen LogP contribution in [0.15, 0.2) is 24.4 Å². The van der Waals surface area contributed by atoms with Gasteiger partial charge in [0.25, 0.3) is 0 Å². The molecule has 19 heavy (non-hydrogen) atoms. The maximum Gasteiger partial charge on any atom is 0.131 e. The Hall–Kier alpha value is -1.91. The molecule has 1 aliphatic heterocycles. The summed E-state index contributed by atoms with van der Waals surface area (Å²) in [6.45, 7) is 2.82. The van der Waals surface area contributed by atoms with E-state index in [-0.39, 0.29) is 6.04 Å². The van der Waals surface area contributed by atoms with Gasteiger partial charge in [0.05, 0.1) is 12.2 Å². The lowest BCUT2D eigenvalue weighted by Crippen LogP contribution is -2.25. The van der Waals surface area contributed by atoms with Crippen molar-refractivity contribution in [1.82, 2.24) is 9.78 Å². The highest BCUT2D eigenvalue weighted by molar-refractivity contribution is 5.47. The average Bonchev–Trinajstić information content (AvgIpc) is 2.82. The van der Waals surface area contributed by atoms with E-state index < -0.39 is 11.6 Å². The molecule has 0 bridgehead atoms. The maximum atomic E-state index is 13.9. The van der Waals surface area contributed by atoms with Gasteiger partial charge in [-0.05, 0) is 18.9 Å². The maximum absolute atomic E-state index is 13.9. The predicted molar refractivity (Wildman–Crippen MR) is 69.2 cm³/mol. The topological polar surface area (TPSA) is 29.9 Å². The van der Waals surface area contributed by atoms with Crippen LogP contribution in [0.4, 0.5) is 14.6 Å². The summed E-state index contributed by atoms with van der Waals surface area (Å²) in [4.78, 5) is 0. The predicted octanol–water partition coefficient (Wildman–Crippen LogP) is 3.13. The number of halogens is 2. The molecule has 0 radical (unpaired) electrons. The van der Waals surface area contributed by atoms with E-state index in [1.165, 1.54) is 12.1 Å². The van der Waals surface area contributed by atoms with Crippen LogP contribution in [0.25, 0.3) is 0 Å². The molecule has 3 rings (SSSR count). The average molecular weight is 263 g/mol. The number of hydrogen-bond donors (Lipinski definition) is 1. The first-order chi connectivity index (χ1) is 9.20. The smallest absolute Gasteiger partial charge is 0.131 e. The van der Waals surface area contributed by atoms with Crippen LogP contribution in [0, 0.1) is 11.6 Å². The molecule has 1 N–H and O–H groups in total. The summed E-state index contributed by atoms with van der Waals surface area (Å²) >= 11 is 0. The summed E-state index contributed by atoms with van der Waals surface area (Å²) in [6.07, 6.45) is 3.42. The normalized spacial score (nSPS) is 17.9. The fourth-order valence-corrected chi connectivity index (χ4v) is 2.60. The van der Waals surface area contributed by atoms with E-state index in [9.17, 15) is 8.78 Å². The van der Waals surface area contributed by atoms with Crippen molar-refractivity contribution in [3.8, 4) is 0 Å². The molecule has 1 unspecified atom stereocenters. The second-order valence-electron chi connectivity index (χ2n) is 4.71. The van der Waals surface area contributed by atoms with Gasteiger partial charge in [-0.25, -0.2) is 13.5 Å². The third kappa shape index (κ3) is 1.99. The van der Waals surface area contributed by atoms with Gasteiger partial charge >= 0.3 is 0 Å². The number of nitrogens with one attached hydrogen (secondary N) is 1. The van der Waals surface area contributed by atoms with Crippen molar-refractivity contribution in [3.63, 3.8) is 0 Å². The second kappa shape index (κ2) is 4.64. The van der Waals surface area contributed by atoms with Crippen LogP contribution in [0.1, 0.15) is 30.5 Å². The first-order valence-electron chi connectivity index (χ1n) is 6.46. The zero-order valence-corrected chi connectivity index (χ0v) is 10.7. The molecule has 1 aromatic heterocycles. The van der Waals surface area contributed by atoms with Crippen LogP contribution < -0.4 is 5.32 Å². The Balaban J connectivity index is 2.06. The Morgan fingerprint density at radius 2 is 2.26 bits per heavy atom. The van der Waals surface area contributed by atoms with Crippen LogP contribution in [-0.2, 0) is 6.42 Å². The van der Waals surface area contributed by atoms with Gasteiger partial charge in [-0.3, -0.25) is 0 Å². The molecular formula is C14H15F2N3. The van der Waals surface area contributed by atoms with Crippen molar-refractivity contribution in [2.45, 2.75) is 25.8 Å². The summed E-state index contributed by atoms with van der Waals surface area (Å²) in [5, 5.41) is 7.64. The number of benzene rings is 1. The summed E-state index contributed by atoms with van der Waals surface area (Å²) in [7, 11) is 0. The van der Waals surface area contributed by atoms with Gasteiger partial charge in [0.2, 0.25) is 0 Å². The molecule has 100 valence electrons. The fraction of sp³-hybridized carbons (Fsp3) is 0.357.